The molecular weight excluding hydrogens is 340 g/mol. The highest BCUT2D eigenvalue weighted by atomic mass is 35.5. The first kappa shape index (κ1) is 21.5. The van der Waals surface area contributed by atoms with E-state index in [1.807, 2.05) is 24.1 Å². The minimum atomic E-state index is 0. The zero-order chi connectivity index (χ0) is 17.4. The Morgan fingerprint density at radius 3 is 2.60 bits per heavy atom. The van der Waals surface area contributed by atoms with E-state index in [1.54, 1.807) is 12.1 Å². The van der Waals surface area contributed by atoms with Crippen molar-refractivity contribution >= 4 is 24.1 Å². The van der Waals surface area contributed by atoms with Crippen molar-refractivity contribution in [1.82, 2.24) is 10.2 Å². The van der Waals surface area contributed by atoms with Crippen LogP contribution in [0, 0.1) is 0 Å². The third-order valence-corrected chi connectivity index (χ3v) is 4.40. The summed E-state index contributed by atoms with van der Waals surface area (Å²) in [6.45, 7) is 4.27. The largest absolute Gasteiger partial charge is 0.494 e. The van der Waals surface area contributed by atoms with Gasteiger partial charge in [0.2, 0.25) is 5.91 Å². The molecule has 1 aromatic carbocycles. The Labute approximate surface area is 156 Å². The number of ether oxygens (including phenoxy) is 1. The van der Waals surface area contributed by atoms with Gasteiger partial charge in [0.05, 0.1) is 6.61 Å². The SMILES string of the molecule is CCCOc1ccc(C(=O)CCC(=O)N2CCCC(NC)C2)cc1.Cl. The Bertz CT molecular complexity index is 548. The van der Waals surface area contributed by atoms with Gasteiger partial charge < -0.3 is 15.0 Å². The molecule has 1 aliphatic heterocycles. The molecule has 140 valence electrons. The van der Waals surface area contributed by atoms with Crippen molar-refractivity contribution in [3.8, 4) is 5.75 Å². The van der Waals surface area contributed by atoms with Crippen molar-refractivity contribution in [2.24, 2.45) is 0 Å². The standard InChI is InChI=1S/C19H28N2O3.ClH/c1-3-13-24-17-8-6-15(7-9-17)18(22)10-11-19(23)21-12-4-5-16(14-21)20-2;/h6-9,16,20H,3-5,10-14H2,1-2H3;1H. The van der Waals surface area contributed by atoms with Gasteiger partial charge in [-0.15, -0.1) is 12.4 Å². The maximum atomic E-state index is 12.3. The first-order chi connectivity index (χ1) is 11.6. The number of Topliss-reactive ketones (excluding diaryl/α,β-unsaturated/α-hetero) is 1. The lowest BCUT2D eigenvalue weighted by Crippen LogP contribution is -2.47. The molecule has 1 heterocycles. The number of nitrogens with one attached hydrogen (secondary N) is 1. The van der Waals surface area contributed by atoms with Crippen LogP contribution in [0.4, 0.5) is 0 Å². The van der Waals surface area contributed by atoms with Gasteiger partial charge in [-0.2, -0.15) is 0 Å². The number of halogens is 1. The number of carbonyl (C=O) groups excluding carboxylic acids is 2. The molecular formula is C19H29ClN2O3. The summed E-state index contributed by atoms with van der Waals surface area (Å²) in [5, 5.41) is 3.23. The molecule has 1 N–H and O–H groups in total. The van der Waals surface area contributed by atoms with Crippen LogP contribution in [0.5, 0.6) is 5.75 Å². The molecule has 5 nitrogen and oxygen atoms in total. The Kier molecular flexibility index (Phi) is 9.53. The van der Waals surface area contributed by atoms with Gasteiger partial charge in [0, 0.05) is 37.5 Å². The third-order valence-electron chi connectivity index (χ3n) is 4.40. The van der Waals surface area contributed by atoms with Gasteiger partial charge in [-0.3, -0.25) is 9.59 Å². The van der Waals surface area contributed by atoms with E-state index >= 15 is 0 Å². The number of piperidine rings is 1. The number of likely N-dealkylation sites (tertiary alicyclic amines) is 1. The van der Waals surface area contributed by atoms with Crippen molar-refractivity contribution in [1.29, 1.82) is 0 Å². The molecule has 0 spiro atoms. The Morgan fingerprint density at radius 2 is 1.96 bits per heavy atom. The van der Waals surface area contributed by atoms with Crippen molar-refractivity contribution in [3.63, 3.8) is 0 Å². The lowest BCUT2D eigenvalue weighted by atomic mass is 10.0. The number of nitrogens with zero attached hydrogens (tertiary/aromatic N) is 1. The van der Waals surface area contributed by atoms with E-state index in [0.717, 1.165) is 38.1 Å². The lowest BCUT2D eigenvalue weighted by Gasteiger charge is -2.32. The summed E-state index contributed by atoms with van der Waals surface area (Å²) in [5.41, 5.74) is 0.637. The molecule has 2 rings (SSSR count). The summed E-state index contributed by atoms with van der Waals surface area (Å²) in [5.74, 6) is 0.856. The Morgan fingerprint density at radius 1 is 1.24 bits per heavy atom. The second kappa shape index (κ2) is 11.1. The Hall–Kier alpha value is -1.59. The van der Waals surface area contributed by atoms with Crippen LogP contribution in [0.15, 0.2) is 24.3 Å². The van der Waals surface area contributed by atoms with Gasteiger partial charge in [-0.1, -0.05) is 6.92 Å². The number of hydrogen-bond donors (Lipinski definition) is 1. The van der Waals surface area contributed by atoms with Gasteiger partial charge in [0.1, 0.15) is 5.75 Å². The first-order valence-electron chi connectivity index (χ1n) is 8.85. The van der Waals surface area contributed by atoms with Crippen LogP contribution in [-0.4, -0.2) is 49.4 Å². The zero-order valence-electron chi connectivity index (χ0n) is 15.1. The molecule has 0 aromatic heterocycles. The van der Waals surface area contributed by atoms with Gasteiger partial charge in [0.25, 0.3) is 0 Å². The minimum absolute atomic E-state index is 0. The first-order valence-corrected chi connectivity index (χ1v) is 8.85. The van der Waals surface area contributed by atoms with E-state index in [4.69, 9.17) is 4.74 Å². The van der Waals surface area contributed by atoms with Gasteiger partial charge in [0.15, 0.2) is 5.78 Å². The Balaban J connectivity index is 0.00000312. The summed E-state index contributed by atoms with van der Waals surface area (Å²) in [6.07, 6.45) is 3.61. The molecule has 1 amide bonds. The zero-order valence-corrected chi connectivity index (χ0v) is 15.9. The number of benzene rings is 1. The molecule has 6 heteroatoms. The molecule has 0 radical (unpaired) electrons. The van der Waals surface area contributed by atoms with Gasteiger partial charge in [-0.25, -0.2) is 0 Å². The van der Waals surface area contributed by atoms with E-state index in [1.165, 1.54) is 0 Å². The average Bonchev–Trinajstić information content (AvgIpc) is 2.64. The van der Waals surface area contributed by atoms with Crippen molar-refractivity contribution in [2.75, 3.05) is 26.7 Å². The molecule has 1 aliphatic rings. The molecule has 1 aromatic rings. The number of carbonyl (C=O) groups is 2. The quantitative estimate of drug-likeness (QED) is 0.716. The maximum Gasteiger partial charge on any atom is 0.223 e. The summed E-state index contributed by atoms with van der Waals surface area (Å²) < 4.78 is 5.51. The minimum Gasteiger partial charge on any atom is -0.494 e. The summed E-state index contributed by atoms with van der Waals surface area (Å²) in [7, 11) is 1.93. The van der Waals surface area contributed by atoms with Crippen LogP contribution in [-0.2, 0) is 4.79 Å². The summed E-state index contributed by atoms with van der Waals surface area (Å²) >= 11 is 0. The maximum absolute atomic E-state index is 12.3. The predicted octanol–water partition coefficient (Wildman–Crippen LogP) is 3.07. The van der Waals surface area contributed by atoms with Crippen molar-refractivity contribution in [2.45, 2.75) is 45.1 Å². The molecule has 1 unspecified atom stereocenters. The topological polar surface area (TPSA) is 58.6 Å². The fraction of sp³-hybridized carbons (Fsp3) is 0.579. The van der Waals surface area contributed by atoms with Crippen molar-refractivity contribution < 1.29 is 14.3 Å². The van der Waals surface area contributed by atoms with E-state index in [2.05, 4.69) is 12.2 Å². The number of likely N-dealkylation sites (N-methyl/N-ethyl adjacent to an activating group) is 1. The lowest BCUT2D eigenvalue weighted by molar-refractivity contribution is -0.132. The fourth-order valence-electron chi connectivity index (χ4n) is 2.92. The van der Waals surface area contributed by atoms with Gasteiger partial charge in [-0.05, 0) is 50.6 Å². The summed E-state index contributed by atoms with van der Waals surface area (Å²) in [4.78, 5) is 26.4. The summed E-state index contributed by atoms with van der Waals surface area (Å²) in [6, 6.07) is 7.54. The molecule has 0 saturated carbocycles. The average molecular weight is 369 g/mol. The van der Waals surface area contributed by atoms with Gasteiger partial charge >= 0.3 is 0 Å². The van der Waals surface area contributed by atoms with E-state index in [0.29, 0.717) is 18.2 Å². The normalized spacial score (nSPS) is 16.9. The van der Waals surface area contributed by atoms with Crippen LogP contribution >= 0.6 is 12.4 Å². The number of hydrogen-bond acceptors (Lipinski definition) is 4. The van der Waals surface area contributed by atoms with E-state index in [-0.39, 0.29) is 36.9 Å². The highest BCUT2D eigenvalue weighted by Gasteiger charge is 2.22. The fourth-order valence-corrected chi connectivity index (χ4v) is 2.92. The monoisotopic (exact) mass is 368 g/mol. The second-order valence-corrected chi connectivity index (χ2v) is 6.26. The van der Waals surface area contributed by atoms with Crippen LogP contribution in [0.3, 0.4) is 0 Å². The van der Waals surface area contributed by atoms with E-state index < -0.39 is 0 Å². The smallest absolute Gasteiger partial charge is 0.223 e. The third kappa shape index (κ3) is 6.67. The van der Waals surface area contributed by atoms with Crippen LogP contribution in [0.25, 0.3) is 0 Å². The molecule has 0 aliphatic carbocycles. The second-order valence-electron chi connectivity index (χ2n) is 6.26. The number of amides is 1. The van der Waals surface area contributed by atoms with Crippen molar-refractivity contribution in [3.05, 3.63) is 29.8 Å². The molecule has 1 fully saturated rings. The number of rotatable bonds is 8. The predicted molar refractivity (Wildman–Crippen MR) is 102 cm³/mol. The van der Waals surface area contributed by atoms with Crippen LogP contribution in [0.1, 0.15) is 49.4 Å². The highest BCUT2D eigenvalue weighted by Crippen LogP contribution is 2.16. The molecule has 1 saturated heterocycles. The van der Waals surface area contributed by atoms with Crippen LogP contribution in [0.2, 0.25) is 0 Å². The molecule has 1 atom stereocenters. The number of ketones is 1. The van der Waals surface area contributed by atoms with Crippen LogP contribution < -0.4 is 10.1 Å². The van der Waals surface area contributed by atoms with E-state index in [9.17, 15) is 9.59 Å². The molecule has 25 heavy (non-hydrogen) atoms. The highest BCUT2D eigenvalue weighted by molar-refractivity contribution is 5.98. The molecule has 0 bridgehead atoms.